The van der Waals surface area contributed by atoms with Crippen molar-refractivity contribution in [2.24, 2.45) is 0 Å². The largest absolute Gasteiger partial charge is 0.380 e. The standard InChI is InChI=1S/C12H13BrN2S/c1-8-11(4-5-16-8)15-12-6-10(13)3-2-9(12)7-14/h2-3,6,8,11,15H,4-5H2,1H3. The Bertz CT molecular complexity index is 428. The van der Waals surface area contributed by atoms with Gasteiger partial charge >= 0.3 is 0 Å². The summed E-state index contributed by atoms with van der Waals surface area (Å²) in [4.78, 5) is 0. The Morgan fingerprint density at radius 1 is 1.56 bits per heavy atom. The molecule has 1 aromatic carbocycles. The first-order chi connectivity index (χ1) is 7.70. The molecule has 2 atom stereocenters. The van der Waals surface area contributed by atoms with Crippen molar-refractivity contribution < 1.29 is 0 Å². The van der Waals surface area contributed by atoms with Crippen LogP contribution in [-0.4, -0.2) is 17.0 Å². The minimum atomic E-state index is 0.478. The smallest absolute Gasteiger partial charge is 0.101 e. The van der Waals surface area contributed by atoms with E-state index in [4.69, 9.17) is 5.26 Å². The van der Waals surface area contributed by atoms with Gasteiger partial charge in [-0.1, -0.05) is 22.9 Å². The molecular weight excluding hydrogens is 284 g/mol. The number of benzene rings is 1. The maximum Gasteiger partial charge on any atom is 0.101 e. The van der Waals surface area contributed by atoms with Gasteiger partial charge in [-0.25, -0.2) is 0 Å². The van der Waals surface area contributed by atoms with Gasteiger partial charge in [0.25, 0.3) is 0 Å². The summed E-state index contributed by atoms with van der Waals surface area (Å²) in [5.74, 6) is 1.20. The summed E-state index contributed by atoms with van der Waals surface area (Å²) in [6.07, 6.45) is 1.17. The van der Waals surface area contributed by atoms with Gasteiger partial charge in [-0.15, -0.1) is 0 Å². The minimum absolute atomic E-state index is 0.478. The number of nitriles is 1. The third kappa shape index (κ3) is 2.53. The van der Waals surface area contributed by atoms with Crippen LogP contribution < -0.4 is 5.32 Å². The monoisotopic (exact) mass is 296 g/mol. The Balaban J connectivity index is 2.20. The molecule has 1 heterocycles. The molecule has 1 N–H and O–H groups in total. The molecule has 0 amide bonds. The van der Waals surface area contributed by atoms with Crippen molar-refractivity contribution in [3.05, 3.63) is 28.2 Å². The predicted molar refractivity (Wildman–Crippen MR) is 72.8 cm³/mol. The zero-order valence-corrected chi connectivity index (χ0v) is 11.4. The number of rotatable bonds is 2. The van der Waals surface area contributed by atoms with E-state index in [9.17, 15) is 0 Å². The molecule has 2 rings (SSSR count). The van der Waals surface area contributed by atoms with Crippen molar-refractivity contribution in [2.75, 3.05) is 11.1 Å². The van der Waals surface area contributed by atoms with E-state index >= 15 is 0 Å². The first-order valence-electron chi connectivity index (χ1n) is 5.28. The maximum absolute atomic E-state index is 9.04. The molecule has 84 valence electrons. The van der Waals surface area contributed by atoms with Gasteiger partial charge in [0, 0.05) is 15.8 Å². The zero-order valence-electron chi connectivity index (χ0n) is 9.03. The van der Waals surface area contributed by atoms with Crippen molar-refractivity contribution in [3.8, 4) is 6.07 Å². The van der Waals surface area contributed by atoms with Crippen LogP contribution in [0.1, 0.15) is 18.9 Å². The van der Waals surface area contributed by atoms with Crippen LogP contribution in [0.4, 0.5) is 5.69 Å². The second kappa shape index (κ2) is 5.11. The molecular formula is C12H13BrN2S. The molecule has 1 fully saturated rings. The first-order valence-corrected chi connectivity index (χ1v) is 7.12. The maximum atomic E-state index is 9.04. The molecule has 16 heavy (non-hydrogen) atoms. The van der Waals surface area contributed by atoms with Gasteiger partial charge in [-0.3, -0.25) is 0 Å². The Kier molecular flexibility index (Phi) is 3.78. The normalized spacial score (nSPS) is 24.1. The lowest BCUT2D eigenvalue weighted by Crippen LogP contribution is -2.25. The lowest BCUT2D eigenvalue weighted by atomic mass is 10.1. The number of thioether (sulfide) groups is 1. The van der Waals surface area contributed by atoms with Crippen molar-refractivity contribution >= 4 is 33.4 Å². The van der Waals surface area contributed by atoms with E-state index in [1.165, 1.54) is 12.2 Å². The Labute approximate surface area is 109 Å². The fourth-order valence-corrected chi connectivity index (χ4v) is 3.41. The van der Waals surface area contributed by atoms with Crippen LogP contribution >= 0.6 is 27.7 Å². The number of nitrogens with one attached hydrogen (secondary N) is 1. The van der Waals surface area contributed by atoms with Gasteiger partial charge in [0.1, 0.15) is 6.07 Å². The molecule has 0 saturated carbocycles. The number of hydrogen-bond acceptors (Lipinski definition) is 3. The quantitative estimate of drug-likeness (QED) is 0.905. The summed E-state index contributed by atoms with van der Waals surface area (Å²) < 4.78 is 1.01. The van der Waals surface area contributed by atoms with Gasteiger partial charge in [-0.2, -0.15) is 17.0 Å². The highest BCUT2D eigenvalue weighted by Gasteiger charge is 2.24. The molecule has 0 radical (unpaired) electrons. The number of halogens is 1. The molecule has 0 aromatic heterocycles. The average Bonchev–Trinajstić information content (AvgIpc) is 2.65. The van der Waals surface area contributed by atoms with Gasteiger partial charge in [-0.05, 0) is 30.4 Å². The molecule has 1 aromatic rings. The van der Waals surface area contributed by atoms with Crippen LogP contribution in [0.25, 0.3) is 0 Å². The second-order valence-corrected chi connectivity index (χ2v) is 6.32. The summed E-state index contributed by atoms with van der Waals surface area (Å²) in [7, 11) is 0. The van der Waals surface area contributed by atoms with Gasteiger partial charge in [0.15, 0.2) is 0 Å². The topological polar surface area (TPSA) is 35.8 Å². The van der Waals surface area contributed by atoms with Crippen molar-refractivity contribution in [2.45, 2.75) is 24.6 Å². The van der Waals surface area contributed by atoms with E-state index in [0.717, 1.165) is 10.2 Å². The third-order valence-corrected chi connectivity index (χ3v) is 4.64. The highest BCUT2D eigenvalue weighted by Crippen LogP contribution is 2.30. The molecule has 1 aliphatic rings. The second-order valence-electron chi connectivity index (χ2n) is 3.92. The summed E-state index contributed by atoms with van der Waals surface area (Å²) in [5.41, 5.74) is 1.66. The van der Waals surface area contributed by atoms with E-state index in [1.807, 2.05) is 30.0 Å². The van der Waals surface area contributed by atoms with Crippen LogP contribution in [0.3, 0.4) is 0 Å². The summed E-state index contributed by atoms with van der Waals surface area (Å²) >= 11 is 5.42. The van der Waals surface area contributed by atoms with Crippen LogP contribution in [0.5, 0.6) is 0 Å². The molecule has 1 saturated heterocycles. The summed E-state index contributed by atoms with van der Waals surface area (Å²) in [6.45, 7) is 2.24. The lowest BCUT2D eigenvalue weighted by Gasteiger charge is -2.18. The molecule has 0 bridgehead atoms. The molecule has 0 spiro atoms. The molecule has 0 aliphatic carbocycles. The highest BCUT2D eigenvalue weighted by atomic mass is 79.9. The van der Waals surface area contributed by atoms with Gasteiger partial charge < -0.3 is 5.32 Å². The molecule has 4 heteroatoms. The molecule has 1 aliphatic heterocycles. The predicted octanol–water partition coefficient (Wildman–Crippen LogP) is 3.63. The van der Waals surface area contributed by atoms with E-state index in [0.29, 0.717) is 16.9 Å². The summed E-state index contributed by atoms with van der Waals surface area (Å²) in [5, 5.41) is 13.1. The van der Waals surface area contributed by atoms with E-state index < -0.39 is 0 Å². The Morgan fingerprint density at radius 3 is 3.00 bits per heavy atom. The van der Waals surface area contributed by atoms with E-state index in [1.54, 1.807) is 0 Å². The van der Waals surface area contributed by atoms with Crippen LogP contribution in [0.2, 0.25) is 0 Å². The van der Waals surface area contributed by atoms with E-state index in [2.05, 4.69) is 34.2 Å². The zero-order chi connectivity index (χ0) is 11.5. The lowest BCUT2D eigenvalue weighted by molar-refractivity contribution is 0.724. The summed E-state index contributed by atoms with van der Waals surface area (Å²) in [6, 6.07) is 8.43. The van der Waals surface area contributed by atoms with E-state index in [-0.39, 0.29) is 0 Å². The number of hydrogen-bond donors (Lipinski definition) is 1. The highest BCUT2D eigenvalue weighted by molar-refractivity contribution is 9.10. The Morgan fingerprint density at radius 2 is 2.38 bits per heavy atom. The SMILES string of the molecule is CC1SCCC1Nc1cc(Br)ccc1C#N. The first kappa shape index (κ1) is 11.8. The molecule has 2 nitrogen and oxygen atoms in total. The van der Waals surface area contributed by atoms with Crippen molar-refractivity contribution in [3.63, 3.8) is 0 Å². The van der Waals surface area contributed by atoms with Crippen LogP contribution in [0.15, 0.2) is 22.7 Å². The van der Waals surface area contributed by atoms with Gasteiger partial charge in [0.05, 0.1) is 11.3 Å². The fourth-order valence-electron chi connectivity index (χ4n) is 1.85. The van der Waals surface area contributed by atoms with Crippen LogP contribution in [0, 0.1) is 11.3 Å². The van der Waals surface area contributed by atoms with Crippen molar-refractivity contribution in [1.29, 1.82) is 5.26 Å². The minimum Gasteiger partial charge on any atom is -0.380 e. The molecule has 2 unspecified atom stereocenters. The number of anilines is 1. The van der Waals surface area contributed by atoms with Crippen molar-refractivity contribution in [1.82, 2.24) is 0 Å². The Hall–Kier alpha value is -0.660. The third-order valence-electron chi connectivity index (χ3n) is 2.82. The number of nitrogens with zero attached hydrogens (tertiary/aromatic N) is 1. The van der Waals surface area contributed by atoms with Gasteiger partial charge in [0.2, 0.25) is 0 Å². The average molecular weight is 297 g/mol. The fraction of sp³-hybridized carbons (Fsp3) is 0.417. The van der Waals surface area contributed by atoms with Crippen LogP contribution in [-0.2, 0) is 0 Å².